The van der Waals surface area contributed by atoms with Crippen LogP contribution in [-0.2, 0) is 0 Å². The van der Waals surface area contributed by atoms with Crippen molar-refractivity contribution in [2.45, 2.75) is 25.3 Å². The number of hydrogen-bond donors (Lipinski definition) is 1. The molecule has 0 radical (unpaired) electrons. The van der Waals surface area contributed by atoms with E-state index in [1.54, 1.807) is 16.7 Å². The molecule has 1 saturated carbocycles. The van der Waals surface area contributed by atoms with Gasteiger partial charge in [0.25, 0.3) is 5.56 Å². The van der Waals surface area contributed by atoms with Gasteiger partial charge < -0.3 is 4.98 Å². The average molecular weight is 301 g/mol. The fourth-order valence-corrected chi connectivity index (χ4v) is 3.02. The minimum absolute atomic E-state index is 0.147. The van der Waals surface area contributed by atoms with Crippen molar-refractivity contribution < 1.29 is 0 Å². The fourth-order valence-electron chi connectivity index (χ4n) is 2.24. The molecule has 2 aromatic rings. The highest BCUT2D eigenvalue weighted by molar-refractivity contribution is 7.71. The molecule has 1 fully saturated rings. The second kappa shape index (κ2) is 4.37. The van der Waals surface area contributed by atoms with E-state index in [2.05, 4.69) is 4.98 Å². The second-order valence-electron chi connectivity index (χ2n) is 4.47. The highest BCUT2D eigenvalue weighted by Crippen LogP contribution is 2.32. The Morgan fingerprint density at radius 3 is 2.56 bits per heavy atom. The number of benzene rings is 1. The summed E-state index contributed by atoms with van der Waals surface area (Å²) in [5, 5.41) is 1.28. The topological polar surface area (TPSA) is 37.8 Å². The Hall–Kier alpha value is -0.840. The number of H-pyrrole nitrogens is 1. The third-order valence-electron chi connectivity index (χ3n) is 3.43. The van der Waals surface area contributed by atoms with Gasteiger partial charge >= 0.3 is 0 Å². The van der Waals surface area contributed by atoms with Gasteiger partial charge in [0.1, 0.15) is 0 Å². The zero-order valence-electron chi connectivity index (χ0n) is 9.37. The van der Waals surface area contributed by atoms with Crippen LogP contribution in [-0.4, -0.2) is 9.55 Å². The van der Waals surface area contributed by atoms with Crippen LogP contribution in [0.1, 0.15) is 25.3 Å². The van der Waals surface area contributed by atoms with Crippen LogP contribution in [0.2, 0.25) is 10.0 Å². The van der Waals surface area contributed by atoms with Crippen LogP contribution in [0, 0.1) is 4.77 Å². The quantitative estimate of drug-likeness (QED) is 0.806. The van der Waals surface area contributed by atoms with Crippen molar-refractivity contribution in [1.29, 1.82) is 0 Å². The maximum Gasteiger partial charge on any atom is 0.263 e. The first kappa shape index (κ1) is 12.2. The first-order valence-corrected chi connectivity index (χ1v) is 6.88. The van der Waals surface area contributed by atoms with Crippen LogP contribution in [0.15, 0.2) is 16.9 Å². The minimum atomic E-state index is -0.147. The van der Waals surface area contributed by atoms with Crippen LogP contribution in [0.3, 0.4) is 0 Å². The van der Waals surface area contributed by atoms with Gasteiger partial charge in [-0.1, -0.05) is 23.2 Å². The SMILES string of the molecule is O=c1c2c(Cl)ccc(Cl)c2[nH]c(=S)n1C1CCC1. The molecule has 0 unspecified atom stereocenters. The Morgan fingerprint density at radius 1 is 1.28 bits per heavy atom. The van der Waals surface area contributed by atoms with Gasteiger partial charge in [0, 0.05) is 6.04 Å². The van der Waals surface area contributed by atoms with Crippen LogP contribution in [0.5, 0.6) is 0 Å². The summed E-state index contributed by atoms with van der Waals surface area (Å²) < 4.78 is 2.05. The summed E-state index contributed by atoms with van der Waals surface area (Å²) in [5.41, 5.74) is 0.376. The van der Waals surface area contributed by atoms with Crippen molar-refractivity contribution in [2.24, 2.45) is 0 Å². The lowest BCUT2D eigenvalue weighted by atomic mass is 9.93. The van der Waals surface area contributed by atoms with Crippen LogP contribution < -0.4 is 5.56 Å². The van der Waals surface area contributed by atoms with E-state index < -0.39 is 0 Å². The van der Waals surface area contributed by atoms with Crippen LogP contribution >= 0.6 is 35.4 Å². The van der Waals surface area contributed by atoms with Crippen molar-refractivity contribution >= 4 is 46.3 Å². The summed E-state index contributed by atoms with van der Waals surface area (Å²) in [4.78, 5) is 15.5. The van der Waals surface area contributed by atoms with Gasteiger partial charge in [-0.3, -0.25) is 9.36 Å². The number of rotatable bonds is 1. The van der Waals surface area contributed by atoms with Gasteiger partial charge in [-0.15, -0.1) is 0 Å². The Labute approximate surface area is 118 Å². The summed E-state index contributed by atoms with van der Waals surface area (Å²) in [6.07, 6.45) is 3.11. The van der Waals surface area contributed by atoms with Crippen molar-refractivity contribution in [1.82, 2.24) is 9.55 Å². The summed E-state index contributed by atoms with van der Waals surface area (Å²) >= 11 is 17.4. The van der Waals surface area contributed by atoms with E-state index in [0.29, 0.717) is 25.7 Å². The van der Waals surface area contributed by atoms with Gasteiger partial charge in [-0.2, -0.15) is 0 Å². The third-order valence-corrected chi connectivity index (χ3v) is 4.36. The van der Waals surface area contributed by atoms with E-state index >= 15 is 0 Å². The first-order valence-electron chi connectivity index (χ1n) is 5.72. The average Bonchev–Trinajstić information content (AvgIpc) is 2.26. The van der Waals surface area contributed by atoms with Gasteiger partial charge in [0.2, 0.25) is 0 Å². The normalized spacial score (nSPS) is 15.9. The molecule has 0 spiro atoms. The lowest BCUT2D eigenvalue weighted by molar-refractivity contribution is 0.302. The predicted molar refractivity (Wildman–Crippen MR) is 76.3 cm³/mol. The Balaban J connectivity index is 2.44. The largest absolute Gasteiger partial charge is 0.330 e. The predicted octanol–water partition coefficient (Wildman–Crippen LogP) is 4.09. The van der Waals surface area contributed by atoms with Crippen molar-refractivity contribution in [3.05, 3.63) is 37.3 Å². The van der Waals surface area contributed by atoms with Gasteiger partial charge in [0.15, 0.2) is 4.77 Å². The molecule has 0 saturated heterocycles. The summed E-state index contributed by atoms with van der Waals surface area (Å²) in [6, 6.07) is 3.49. The van der Waals surface area contributed by atoms with Crippen molar-refractivity contribution in [3.8, 4) is 0 Å². The maximum atomic E-state index is 12.5. The Morgan fingerprint density at radius 2 is 1.94 bits per heavy atom. The van der Waals surface area contributed by atoms with Gasteiger partial charge in [0.05, 0.1) is 20.9 Å². The molecule has 1 aromatic heterocycles. The molecule has 1 aliphatic carbocycles. The molecule has 3 nitrogen and oxygen atoms in total. The maximum absolute atomic E-state index is 12.5. The molecule has 0 atom stereocenters. The molecule has 0 aliphatic heterocycles. The van der Waals surface area contributed by atoms with E-state index in [1.165, 1.54) is 0 Å². The number of hydrogen-bond acceptors (Lipinski definition) is 2. The summed E-state index contributed by atoms with van der Waals surface area (Å²) in [5.74, 6) is 0. The summed E-state index contributed by atoms with van der Waals surface area (Å²) in [7, 11) is 0. The highest BCUT2D eigenvalue weighted by Gasteiger charge is 2.23. The molecule has 1 aliphatic rings. The van der Waals surface area contributed by atoms with Crippen molar-refractivity contribution in [3.63, 3.8) is 0 Å². The van der Waals surface area contributed by atoms with Crippen molar-refractivity contribution in [2.75, 3.05) is 0 Å². The first-order chi connectivity index (χ1) is 8.59. The Kier molecular flexibility index (Phi) is 2.96. The number of aromatic nitrogens is 2. The van der Waals surface area contributed by atoms with Crippen LogP contribution in [0.4, 0.5) is 0 Å². The molecule has 0 bridgehead atoms. The molecule has 1 aromatic carbocycles. The molecular weight excluding hydrogens is 291 g/mol. The minimum Gasteiger partial charge on any atom is -0.330 e. The third kappa shape index (κ3) is 1.71. The standard InChI is InChI=1S/C12H10Cl2N2OS/c13-7-4-5-8(14)10-9(7)11(17)16(12(18)15-10)6-2-1-3-6/h4-6H,1-3H2,(H,15,18). The molecule has 0 amide bonds. The van der Waals surface area contributed by atoms with E-state index in [0.717, 1.165) is 19.3 Å². The molecule has 94 valence electrons. The molecule has 1 N–H and O–H groups in total. The molecular formula is C12H10Cl2N2OS. The second-order valence-corrected chi connectivity index (χ2v) is 5.67. The van der Waals surface area contributed by atoms with Crippen LogP contribution in [0.25, 0.3) is 10.9 Å². The zero-order chi connectivity index (χ0) is 12.9. The highest BCUT2D eigenvalue weighted by atomic mass is 35.5. The lowest BCUT2D eigenvalue weighted by Gasteiger charge is -2.27. The number of halogens is 2. The smallest absolute Gasteiger partial charge is 0.263 e. The lowest BCUT2D eigenvalue weighted by Crippen LogP contribution is -2.30. The number of aromatic amines is 1. The molecule has 1 heterocycles. The van der Waals surface area contributed by atoms with Gasteiger partial charge in [-0.25, -0.2) is 0 Å². The number of fused-ring (bicyclic) bond motifs is 1. The summed E-state index contributed by atoms with van der Waals surface area (Å²) in [6.45, 7) is 0. The number of nitrogens with zero attached hydrogens (tertiary/aromatic N) is 1. The van der Waals surface area contributed by atoms with E-state index in [9.17, 15) is 4.79 Å². The molecule has 3 rings (SSSR count). The molecule has 6 heteroatoms. The monoisotopic (exact) mass is 300 g/mol. The van der Waals surface area contributed by atoms with E-state index in [-0.39, 0.29) is 11.6 Å². The fraction of sp³-hybridized carbons (Fsp3) is 0.333. The number of nitrogens with one attached hydrogen (secondary N) is 1. The Bertz CT molecular complexity index is 746. The van der Waals surface area contributed by atoms with Gasteiger partial charge in [-0.05, 0) is 43.6 Å². The zero-order valence-corrected chi connectivity index (χ0v) is 11.7. The van der Waals surface area contributed by atoms with E-state index in [1.807, 2.05) is 0 Å². The molecule has 18 heavy (non-hydrogen) atoms. The van der Waals surface area contributed by atoms with E-state index in [4.69, 9.17) is 35.4 Å².